The van der Waals surface area contributed by atoms with Gasteiger partial charge in [0.15, 0.2) is 0 Å². The molecule has 0 bridgehead atoms. The van der Waals surface area contributed by atoms with Crippen molar-refractivity contribution in [1.82, 2.24) is 5.32 Å². The standard InChI is InChI=1S/C17H17FN2OS/c18-15-12-5-7-19-9-11(12)3-4-14(15)20-17(21)16-13(6-8-22-16)10-1-2-10/h3-4,6,8,10,19H,1-2,5,7,9H2,(H,20,21). The fourth-order valence-corrected chi connectivity index (χ4v) is 3.91. The van der Waals surface area contributed by atoms with Crippen LogP contribution in [0.1, 0.15) is 45.1 Å². The predicted octanol–water partition coefficient (Wildman–Crippen LogP) is 3.66. The number of hydrogen-bond donors (Lipinski definition) is 2. The van der Waals surface area contributed by atoms with Crippen LogP contribution < -0.4 is 10.6 Å². The number of fused-ring (bicyclic) bond motifs is 1. The first-order chi connectivity index (χ1) is 10.7. The van der Waals surface area contributed by atoms with Crippen LogP contribution in [0.3, 0.4) is 0 Å². The lowest BCUT2D eigenvalue weighted by Gasteiger charge is -2.19. The van der Waals surface area contributed by atoms with Gasteiger partial charge in [0.25, 0.3) is 5.91 Å². The minimum absolute atomic E-state index is 0.190. The highest BCUT2D eigenvalue weighted by Gasteiger charge is 2.29. The first kappa shape index (κ1) is 13.9. The Kier molecular flexibility index (Phi) is 3.47. The van der Waals surface area contributed by atoms with Crippen molar-refractivity contribution in [3.63, 3.8) is 0 Å². The number of rotatable bonds is 3. The molecule has 1 saturated carbocycles. The van der Waals surface area contributed by atoms with Crippen LogP contribution in [0.5, 0.6) is 0 Å². The molecule has 2 heterocycles. The molecule has 22 heavy (non-hydrogen) atoms. The van der Waals surface area contributed by atoms with Gasteiger partial charge in [0.05, 0.1) is 10.6 Å². The number of benzene rings is 1. The largest absolute Gasteiger partial charge is 0.319 e. The maximum atomic E-state index is 14.6. The van der Waals surface area contributed by atoms with E-state index in [0.717, 1.165) is 41.0 Å². The second-order valence-corrected chi connectivity index (χ2v) is 6.84. The lowest BCUT2D eigenvalue weighted by Crippen LogP contribution is -2.25. The molecule has 114 valence electrons. The molecule has 1 aliphatic heterocycles. The Morgan fingerprint density at radius 3 is 3.00 bits per heavy atom. The maximum absolute atomic E-state index is 14.6. The van der Waals surface area contributed by atoms with Crippen molar-refractivity contribution in [2.75, 3.05) is 11.9 Å². The molecule has 1 amide bonds. The zero-order chi connectivity index (χ0) is 15.1. The van der Waals surface area contributed by atoms with E-state index >= 15 is 0 Å². The molecule has 2 aromatic rings. The van der Waals surface area contributed by atoms with Crippen LogP contribution in [0.15, 0.2) is 23.6 Å². The average molecular weight is 316 g/mol. The molecular weight excluding hydrogens is 299 g/mol. The number of carbonyl (C=O) groups excluding carboxylic acids is 1. The highest BCUT2D eigenvalue weighted by atomic mass is 32.1. The minimum atomic E-state index is -0.281. The molecule has 4 rings (SSSR count). The molecule has 1 aromatic carbocycles. The number of hydrogen-bond acceptors (Lipinski definition) is 3. The predicted molar refractivity (Wildman–Crippen MR) is 86.1 cm³/mol. The molecule has 1 aliphatic carbocycles. The zero-order valence-corrected chi connectivity index (χ0v) is 12.9. The smallest absolute Gasteiger partial charge is 0.266 e. The van der Waals surface area contributed by atoms with Crippen molar-refractivity contribution < 1.29 is 9.18 Å². The zero-order valence-electron chi connectivity index (χ0n) is 12.1. The van der Waals surface area contributed by atoms with Crippen molar-refractivity contribution in [2.24, 2.45) is 0 Å². The van der Waals surface area contributed by atoms with Crippen molar-refractivity contribution in [2.45, 2.75) is 31.7 Å². The highest BCUT2D eigenvalue weighted by Crippen LogP contribution is 2.43. The summed E-state index contributed by atoms with van der Waals surface area (Å²) in [6.45, 7) is 1.47. The monoisotopic (exact) mass is 316 g/mol. The quantitative estimate of drug-likeness (QED) is 0.907. The van der Waals surface area contributed by atoms with E-state index in [4.69, 9.17) is 0 Å². The van der Waals surface area contributed by atoms with E-state index in [0.29, 0.717) is 24.6 Å². The SMILES string of the molecule is O=C(Nc1ccc2c(c1F)CCNC2)c1sccc1C1CC1. The van der Waals surface area contributed by atoms with E-state index in [9.17, 15) is 9.18 Å². The summed E-state index contributed by atoms with van der Waals surface area (Å²) in [4.78, 5) is 13.2. The molecule has 0 radical (unpaired) electrons. The van der Waals surface area contributed by atoms with Gasteiger partial charge in [0.2, 0.25) is 0 Å². The summed E-state index contributed by atoms with van der Waals surface area (Å²) in [5, 5.41) is 7.93. The minimum Gasteiger partial charge on any atom is -0.319 e. The Hall–Kier alpha value is -1.72. The number of nitrogens with one attached hydrogen (secondary N) is 2. The molecule has 0 saturated heterocycles. The van der Waals surface area contributed by atoms with Crippen LogP contribution in [-0.2, 0) is 13.0 Å². The van der Waals surface area contributed by atoms with Gasteiger partial charge < -0.3 is 10.6 Å². The van der Waals surface area contributed by atoms with E-state index in [-0.39, 0.29) is 11.7 Å². The number of anilines is 1. The summed E-state index contributed by atoms with van der Waals surface area (Å²) in [5.74, 6) is 0.0491. The first-order valence-corrected chi connectivity index (χ1v) is 8.51. The van der Waals surface area contributed by atoms with E-state index in [1.54, 1.807) is 6.07 Å². The van der Waals surface area contributed by atoms with Crippen molar-refractivity contribution in [3.05, 3.63) is 51.0 Å². The maximum Gasteiger partial charge on any atom is 0.266 e. The Labute approximate surface area is 132 Å². The van der Waals surface area contributed by atoms with Gasteiger partial charge in [-0.3, -0.25) is 4.79 Å². The van der Waals surface area contributed by atoms with Crippen molar-refractivity contribution in [3.8, 4) is 0 Å². The van der Waals surface area contributed by atoms with E-state index in [1.807, 2.05) is 17.5 Å². The molecule has 3 nitrogen and oxygen atoms in total. The topological polar surface area (TPSA) is 41.1 Å². The van der Waals surface area contributed by atoms with Gasteiger partial charge in [-0.15, -0.1) is 11.3 Å². The van der Waals surface area contributed by atoms with E-state index in [1.165, 1.54) is 11.3 Å². The molecule has 1 aromatic heterocycles. The van der Waals surface area contributed by atoms with Gasteiger partial charge >= 0.3 is 0 Å². The van der Waals surface area contributed by atoms with Gasteiger partial charge in [-0.1, -0.05) is 6.07 Å². The first-order valence-electron chi connectivity index (χ1n) is 7.64. The lowest BCUT2D eigenvalue weighted by molar-refractivity contribution is 0.102. The summed E-state index contributed by atoms with van der Waals surface area (Å²) >= 11 is 1.44. The number of thiophene rings is 1. The van der Waals surface area contributed by atoms with Crippen molar-refractivity contribution in [1.29, 1.82) is 0 Å². The average Bonchev–Trinajstić information content (AvgIpc) is 3.27. The summed E-state index contributed by atoms with van der Waals surface area (Å²) in [6, 6.07) is 5.59. The second kappa shape index (κ2) is 5.48. The van der Waals surface area contributed by atoms with Crippen molar-refractivity contribution >= 4 is 22.9 Å². The van der Waals surface area contributed by atoms with Crippen LogP contribution in [0, 0.1) is 5.82 Å². The summed E-state index contributed by atoms with van der Waals surface area (Å²) in [5.41, 5.74) is 3.12. The lowest BCUT2D eigenvalue weighted by atomic mass is 9.99. The van der Waals surface area contributed by atoms with Crippen LogP contribution in [0.25, 0.3) is 0 Å². The third-order valence-corrected chi connectivity index (χ3v) is 5.30. The van der Waals surface area contributed by atoms with Gasteiger partial charge in [0, 0.05) is 6.54 Å². The third kappa shape index (κ3) is 2.44. The van der Waals surface area contributed by atoms with E-state index in [2.05, 4.69) is 10.6 Å². The van der Waals surface area contributed by atoms with Gasteiger partial charge in [-0.25, -0.2) is 4.39 Å². The van der Waals surface area contributed by atoms with Gasteiger partial charge in [0.1, 0.15) is 5.82 Å². The normalized spacial score (nSPS) is 17.1. The molecule has 0 unspecified atom stereocenters. The Morgan fingerprint density at radius 2 is 2.18 bits per heavy atom. The number of carbonyl (C=O) groups is 1. The van der Waals surface area contributed by atoms with Gasteiger partial charge in [-0.2, -0.15) is 0 Å². The van der Waals surface area contributed by atoms with Crippen LogP contribution in [0.2, 0.25) is 0 Å². The molecule has 1 fully saturated rings. The third-order valence-electron chi connectivity index (χ3n) is 4.37. The van der Waals surface area contributed by atoms with E-state index < -0.39 is 0 Å². The summed E-state index contributed by atoms with van der Waals surface area (Å²) in [7, 11) is 0. The summed E-state index contributed by atoms with van der Waals surface area (Å²) in [6.07, 6.45) is 2.96. The Morgan fingerprint density at radius 1 is 1.32 bits per heavy atom. The van der Waals surface area contributed by atoms with Gasteiger partial charge in [-0.05, 0) is 65.9 Å². The number of amides is 1. The fraction of sp³-hybridized carbons (Fsp3) is 0.353. The van der Waals surface area contributed by atoms with Crippen LogP contribution in [0.4, 0.5) is 10.1 Å². The fourth-order valence-electron chi connectivity index (χ4n) is 3.03. The molecule has 2 aliphatic rings. The molecule has 0 spiro atoms. The Bertz CT molecular complexity index is 736. The Balaban J connectivity index is 1.60. The highest BCUT2D eigenvalue weighted by molar-refractivity contribution is 7.12. The second-order valence-electron chi connectivity index (χ2n) is 5.93. The van der Waals surface area contributed by atoms with Crippen LogP contribution >= 0.6 is 11.3 Å². The number of halogens is 1. The molecule has 0 atom stereocenters. The molecule has 5 heteroatoms. The van der Waals surface area contributed by atoms with Crippen LogP contribution in [-0.4, -0.2) is 12.5 Å². The molecule has 2 N–H and O–H groups in total. The molecular formula is C17H17FN2OS. The summed E-state index contributed by atoms with van der Waals surface area (Å²) < 4.78 is 14.6.